The van der Waals surface area contributed by atoms with Gasteiger partial charge in [-0.2, -0.15) is 0 Å². The molecule has 1 heterocycles. The minimum atomic E-state index is -0.351. The molecule has 0 aromatic heterocycles. The van der Waals surface area contributed by atoms with Crippen LogP contribution in [0.5, 0.6) is 5.75 Å². The predicted octanol–water partition coefficient (Wildman–Crippen LogP) is 1.13. The van der Waals surface area contributed by atoms with Gasteiger partial charge < -0.3 is 4.74 Å². The molecule has 1 N–H and O–H groups in total. The van der Waals surface area contributed by atoms with Crippen LogP contribution in [0.2, 0.25) is 0 Å². The smallest absolute Gasteiger partial charge is 0.259 e. The topological polar surface area (TPSA) is 55.4 Å². The van der Waals surface area contributed by atoms with Crippen LogP contribution in [0.25, 0.3) is 5.57 Å². The minimum absolute atomic E-state index is 0.331. The van der Waals surface area contributed by atoms with Crippen molar-refractivity contribution in [1.29, 1.82) is 0 Å². The molecule has 4 heteroatoms. The largest absolute Gasteiger partial charge is 0.497 e. The lowest BCUT2D eigenvalue weighted by atomic mass is 10.0. The van der Waals surface area contributed by atoms with Gasteiger partial charge in [-0.25, -0.2) is 0 Å². The lowest BCUT2D eigenvalue weighted by molar-refractivity contribution is -0.123. The molecular weight excluding hydrogens is 206 g/mol. The third-order valence-electron chi connectivity index (χ3n) is 2.53. The summed E-state index contributed by atoms with van der Waals surface area (Å²) in [7, 11) is 1.56. The van der Waals surface area contributed by atoms with Crippen molar-refractivity contribution in [1.82, 2.24) is 5.32 Å². The molecule has 0 bridgehead atoms. The molecule has 0 saturated heterocycles. The Hall–Kier alpha value is -2.10. The van der Waals surface area contributed by atoms with Gasteiger partial charge in [0.05, 0.1) is 12.7 Å². The second-order valence-corrected chi connectivity index (χ2v) is 3.52. The van der Waals surface area contributed by atoms with Crippen molar-refractivity contribution in [2.75, 3.05) is 7.11 Å². The highest BCUT2D eigenvalue weighted by Crippen LogP contribution is 2.26. The molecule has 0 unspecified atom stereocenters. The molecule has 82 valence electrons. The lowest BCUT2D eigenvalue weighted by Crippen LogP contribution is -2.22. The first-order valence-electron chi connectivity index (χ1n) is 4.84. The van der Waals surface area contributed by atoms with Crippen LogP contribution < -0.4 is 10.1 Å². The number of imide groups is 1. The number of benzene rings is 1. The number of carbonyl (C=O) groups excluding carboxylic acids is 2. The van der Waals surface area contributed by atoms with Crippen molar-refractivity contribution < 1.29 is 14.3 Å². The molecule has 0 spiro atoms. The summed E-state index contributed by atoms with van der Waals surface area (Å²) >= 11 is 0. The molecule has 1 aromatic carbocycles. The van der Waals surface area contributed by atoms with Gasteiger partial charge in [0.25, 0.3) is 11.8 Å². The molecule has 1 aliphatic heterocycles. The van der Waals surface area contributed by atoms with E-state index in [-0.39, 0.29) is 11.8 Å². The van der Waals surface area contributed by atoms with Crippen LogP contribution in [0.4, 0.5) is 0 Å². The summed E-state index contributed by atoms with van der Waals surface area (Å²) in [6, 6.07) is 7.08. The first-order chi connectivity index (χ1) is 7.63. The fourth-order valence-corrected chi connectivity index (χ4v) is 1.67. The molecule has 0 radical (unpaired) electrons. The number of ether oxygens (including phenoxy) is 1. The van der Waals surface area contributed by atoms with Crippen LogP contribution in [0.15, 0.2) is 29.8 Å². The van der Waals surface area contributed by atoms with Gasteiger partial charge in [0.1, 0.15) is 5.75 Å². The average Bonchev–Trinajstić information content (AvgIpc) is 2.53. The third kappa shape index (κ3) is 1.58. The second-order valence-electron chi connectivity index (χ2n) is 3.52. The van der Waals surface area contributed by atoms with Crippen LogP contribution in [0.1, 0.15) is 12.5 Å². The van der Waals surface area contributed by atoms with Crippen molar-refractivity contribution in [3.8, 4) is 5.75 Å². The fourth-order valence-electron chi connectivity index (χ4n) is 1.67. The van der Waals surface area contributed by atoms with E-state index in [0.717, 1.165) is 0 Å². The molecule has 1 aliphatic rings. The molecule has 16 heavy (non-hydrogen) atoms. The van der Waals surface area contributed by atoms with E-state index in [0.29, 0.717) is 22.5 Å². The van der Waals surface area contributed by atoms with Crippen molar-refractivity contribution >= 4 is 17.4 Å². The Morgan fingerprint density at radius 1 is 1.19 bits per heavy atom. The maximum atomic E-state index is 11.6. The summed E-state index contributed by atoms with van der Waals surface area (Å²) in [5.41, 5.74) is 1.56. The van der Waals surface area contributed by atoms with Gasteiger partial charge >= 0.3 is 0 Å². The quantitative estimate of drug-likeness (QED) is 0.755. The first-order valence-corrected chi connectivity index (χ1v) is 4.84. The third-order valence-corrected chi connectivity index (χ3v) is 2.53. The van der Waals surface area contributed by atoms with Crippen LogP contribution >= 0.6 is 0 Å². The molecule has 0 fully saturated rings. The summed E-state index contributed by atoms with van der Waals surface area (Å²) in [6.07, 6.45) is 0. The van der Waals surface area contributed by atoms with Crippen molar-refractivity contribution in [2.24, 2.45) is 0 Å². The summed E-state index contributed by atoms with van der Waals surface area (Å²) in [4.78, 5) is 22.9. The maximum Gasteiger partial charge on any atom is 0.259 e. The Labute approximate surface area is 92.9 Å². The van der Waals surface area contributed by atoms with Crippen molar-refractivity contribution in [3.63, 3.8) is 0 Å². The Morgan fingerprint density at radius 2 is 1.94 bits per heavy atom. The molecule has 1 aromatic rings. The van der Waals surface area contributed by atoms with Gasteiger partial charge in [-0.3, -0.25) is 14.9 Å². The highest BCUT2D eigenvalue weighted by Gasteiger charge is 2.27. The number of hydrogen-bond acceptors (Lipinski definition) is 3. The van der Waals surface area contributed by atoms with Crippen LogP contribution in [0, 0.1) is 0 Å². The normalized spacial score (nSPS) is 15.4. The minimum Gasteiger partial charge on any atom is -0.497 e. The molecule has 0 atom stereocenters. The van der Waals surface area contributed by atoms with E-state index in [1.54, 1.807) is 38.3 Å². The molecular formula is C12H11NO3. The van der Waals surface area contributed by atoms with Gasteiger partial charge in [0.15, 0.2) is 0 Å². The van der Waals surface area contributed by atoms with E-state index >= 15 is 0 Å². The van der Waals surface area contributed by atoms with Crippen LogP contribution in [-0.4, -0.2) is 18.9 Å². The van der Waals surface area contributed by atoms with Gasteiger partial charge in [0, 0.05) is 5.57 Å². The highest BCUT2D eigenvalue weighted by molar-refractivity contribution is 6.35. The fraction of sp³-hybridized carbons (Fsp3) is 0.167. The zero-order valence-electron chi connectivity index (χ0n) is 9.03. The molecule has 2 amide bonds. The number of carbonyl (C=O) groups is 2. The number of hydrogen-bond donors (Lipinski definition) is 1. The van der Waals surface area contributed by atoms with Gasteiger partial charge in [-0.05, 0) is 24.6 Å². The van der Waals surface area contributed by atoms with Gasteiger partial charge in [-0.1, -0.05) is 12.1 Å². The van der Waals surface area contributed by atoms with E-state index in [9.17, 15) is 9.59 Å². The number of rotatable bonds is 2. The summed E-state index contributed by atoms with van der Waals surface area (Å²) < 4.78 is 5.07. The maximum absolute atomic E-state index is 11.6. The molecule has 2 rings (SSSR count). The van der Waals surface area contributed by atoms with E-state index in [1.165, 1.54) is 0 Å². The Morgan fingerprint density at radius 3 is 2.50 bits per heavy atom. The zero-order chi connectivity index (χ0) is 11.7. The lowest BCUT2D eigenvalue weighted by Gasteiger charge is -2.04. The average molecular weight is 217 g/mol. The highest BCUT2D eigenvalue weighted by atomic mass is 16.5. The Bertz CT molecular complexity index is 503. The van der Waals surface area contributed by atoms with Crippen LogP contribution in [0.3, 0.4) is 0 Å². The van der Waals surface area contributed by atoms with Crippen molar-refractivity contribution in [2.45, 2.75) is 6.92 Å². The molecule has 4 nitrogen and oxygen atoms in total. The first kappa shape index (κ1) is 10.4. The standard InChI is InChI=1S/C12H11NO3/c1-7-10(12(15)13-11(7)14)8-4-3-5-9(6-8)16-2/h3-6H,1-2H3,(H,13,14,15). The number of nitrogens with one attached hydrogen (secondary N) is 1. The van der Waals surface area contributed by atoms with Gasteiger partial charge in [-0.15, -0.1) is 0 Å². The summed E-state index contributed by atoms with van der Waals surface area (Å²) in [6.45, 7) is 1.63. The summed E-state index contributed by atoms with van der Waals surface area (Å²) in [5, 5.41) is 2.26. The molecule has 0 aliphatic carbocycles. The van der Waals surface area contributed by atoms with E-state index in [1.807, 2.05) is 0 Å². The zero-order valence-corrected chi connectivity index (χ0v) is 9.03. The van der Waals surface area contributed by atoms with Gasteiger partial charge in [0.2, 0.25) is 0 Å². The second kappa shape index (κ2) is 3.81. The number of amides is 2. The number of methoxy groups -OCH3 is 1. The molecule has 0 saturated carbocycles. The monoisotopic (exact) mass is 217 g/mol. The van der Waals surface area contributed by atoms with Crippen LogP contribution in [-0.2, 0) is 9.59 Å². The Kier molecular flexibility index (Phi) is 2.48. The summed E-state index contributed by atoms with van der Waals surface area (Å²) in [5.74, 6) is -0.0245. The van der Waals surface area contributed by atoms with E-state index in [4.69, 9.17) is 4.74 Å². The SMILES string of the molecule is COc1cccc(C2=C(C)C(=O)NC2=O)c1. The van der Waals surface area contributed by atoms with E-state index in [2.05, 4.69) is 5.32 Å². The predicted molar refractivity (Wildman–Crippen MR) is 58.7 cm³/mol. The van der Waals surface area contributed by atoms with Crippen molar-refractivity contribution in [3.05, 3.63) is 35.4 Å². The van der Waals surface area contributed by atoms with E-state index < -0.39 is 0 Å². The Balaban J connectivity index is 2.51.